The lowest BCUT2D eigenvalue weighted by Crippen LogP contribution is -2.40. The molecule has 0 saturated carbocycles. The summed E-state index contributed by atoms with van der Waals surface area (Å²) in [4.78, 5) is 15.2. The number of hydrogen-bond acceptors (Lipinski definition) is 2. The van der Waals surface area contributed by atoms with Gasteiger partial charge in [0.05, 0.1) is 6.04 Å². The average molecular weight is 427 g/mol. The van der Waals surface area contributed by atoms with Crippen LogP contribution in [0.4, 0.5) is 13.2 Å². The van der Waals surface area contributed by atoms with E-state index in [2.05, 4.69) is 6.07 Å². The fourth-order valence-electron chi connectivity index (χ4n) is 3.86. The number of halogens is 3. The summed E-state index contributed by atoms with van der Waals surface area (Å²) in [6.45, 7) is 2.56. The van der Waals surface area contributed by atoms with Gasteiger partial charge in [0, 0.05) is 17.0 Å². The maximum absolute atomic E-state index is 13.4. The lowest BCUT2D eigenvalue weighted by molar-refractivity contribution is -0.0328. The van der Waals surface area contributed by atoms with E-state index in [1.807, 2.05) is 54.3 Å². The van der Waals surface area contributed by atoms with Crippen molar-refractivity contribution in [3.05, 3.63) is 101 Å². The molecule has 2 nitrogen and oxygen atoms in total. The van der Waals surface area contributed by atoms with Crippen molar-refractivity contribution in [2.45, 2.75) is 29.8 Å². The minimum Gasteiger partial charge on any atom is -0.327 e. The van der Waals surface area contributed by atoms with E-state index in [1.54, 1.807) is 0 Å². The second kappa shape index (κ2) is 8.19. The van der Waals surface area contributed by atoms with Gasteiger partial charge in [-0.05, 0) is 66.1 Å². The molecule has 1 aliphatic rings. The van der Waals surface area contributed by atoms with Crippen molar-refractivity contribution in [1.29, 1.82) is 0 Å². The van der Waals surface area contributed by atoms with Crippen LogP contribution in [-0.2, 0) is 6.42 Å². The van der Waals surface area contributed by atoms with Crippen molar-refractivity contribution in [3.8, 4) is 0 Å². The largest absolute Gasteiger partial charge is 0.446 e. The first-order chi connectivity index (χ1) is 14.3. The highest BCUT2D eigenvalue weighted by Gasteiger charge is 2.33. The number of amides is 1. The third kappa shape index (κ3) is 4.38. The van der Waals surface area contributed by atoms with Crippen molar-refractivity contribution >= 4 is 17.7 Å². The molecule has 0 spiro atoms. The highest BCUT2D eigenvalue weighted by molar-refractivity contribution is 8.00. The third-order valence-electron chi connectivity index (χ3n) is 5.27. The zero-order valence-electron chi connectivity index (χ0n) is 16.3. The Morgan fingerprint density at radius 1 is 0.967 bits per heavy atom. The van der Waals surface area contributed by atoms with Crippen molar-refractivity contribution < 1.29 is 18.0 Å². The Balaban J connectivity index is 1.68. The smallest absolute Gasteiger partial charge is 0.327 e. The Bertz CT molecular complexity index is 1050. The quantitative estimate of drug-likeness (QED) is 0.451. The molecule has 0 unspecified atom stereocenters. The fourth-order valence-corrected chi connectivity index (χ4v) is 4.40. The number of carbonyl (C=O) groups is 1. The van der Waals surface area contributed by atoms with Crippen LogP contribution in [-0.4, -0.2) is 22.9 Å². The second-order valence-electron chi connectivity index (χ2n) is 7.33. The van der Waals surface area contributed by atoms with Crippen molar-refractivity contribution in [3.63, 3.8) is 0 Å². The molecule has 0 aliphatic carbocycles. The average Bonchev–Trinajstić information content (AvgIpc) is 2.72. The van der Waals surface area contributed by atoms with Gasteiger partial charge in [0.1, 0.15) is 0 Å². The fraction of sp³-hybridized carbons (Fsp3) is 0.208. The van der Waals surface area contributed by atoms with E-state index in [4.69, 9.17) is 0 Å². The lowest BCUT2D eigenvalue weighted by Gasteiger charge is -2.38. The number of aryl methyl sites for hydroxylation is 1. The Morgan fingerprint density at radius 3 is 2.30 bits per heavy atom. The molecule has 154 valence electrons. The molecule has 0 bridgehead atoms. The van der Waals surface area contributed by atoms with Gasteiger partial charge in [0.2, 0.25) is 0 Å². The molecule has 0 fully saturated rings. The topological polar surface area (TPSA) is 20.3 Å². The van der Waals surface area contributed by atoms with Crippen LogP contribution < -0.4 is 0 Å². The standard InChI is InChI=1S/C24H20F3NOS/c1-16-6-8-18(9-7-16)22-21-5-3-2-4-17(21)14-15-28(22)23(29)19-10-12-20(13-11-19)30-24(25,26)27/h2-13,22H,14-15H2,1H3/t22-/m1/s1. The molecule has 6 heteroatoms. The summed E-state index contributed by atoms with van der Waals surface area (Å²) in [7, 11) is 0. The normalized spacial score (nSPS) is 16.3. The molecule has 0 radical (unpaired) electrons. The maximum atomic E-state index is 13.4. The number of alkyl halides is 3. The number of benzene rings is 3. The number of rotatable bonds is 3. The predicted molar refractivity (Wildman–Crippen MR) is 113 cm³/mol. The Hall–Kier alpha value is -2.73. The summed E-state index contributed by atoms with van der Waals surface area (Å²) in [6.07, 6.45) is 0.742. The number of carbonyl (C=O) groups excluding carboxylic acids is 1. The Kier molecular flexibility index (Phi) is 5.60. The summed E-state index contributed by atoms with van der Waals surface area (Å²) in [5.41, 5.74) is 0.495. The molecule has 1 atom stereocenters. The summed E-state index contributed by atoms with van der Waals surface area (Å²) in [5, 5.41) is 0. The molecule has 1 heterocycles. The molecular weight excluding hydrogens is 407 g/mol. The predicted octanol–water partition coefficient (Wildman–Crippen LogP) is 6.39. The summed E-state index contributed by atoms with van der Waals surface area (Å²) in [5.74, 6) is -0.182. The van der Waals surface area contributed by atoms with Gasteiger partial charge in [0.25, 0.3) is 5.91 Å². The first kappa shape index (κ1) is 20.5. The zero-order valence-corrected chi connectivity index (χ0v) is 17.1. The van der Waals surface area contributed by atoms with Crippen LogP contribution in [0.2, 0.25) is 0 Å². The summed E-state index contributed by atoms with van der Waals surface area (Å²) in [6, 6.07) is 21.6. The van der Waals surface area contributed by atoms with E-state index in [0.717, 1.165) is 23.1 Å². The van der Waals surface area contributed by atoms with E-state index in [1.165, 1.54) is 29.8 Å². The van der Waals surface area contributed by atoms with Crippen molar-refractivity contribution in [2.75, 3.05) is 6.54 Å². The Morgan fingerprint density at radius 2 is 1.63 bits per heavy atom. The van der Waals surface area contributed by atoms with Crippen LogP contribution in [0.5, 0.6) is 0 Å². The van der Waals surface area contributed by atoms with E-state index in [9.17, 15) is 18.0 Å². The van der Waals surface area contributed by atoms with Crippen LogP contribution in [0.15, 0.2) is 77.7 Å². The molecule has 0 saturated heterocycles. The second-order valence-corrected chi connectivity index (χ2v) is 8.47. The molecule has 4 rings (SSSR count). The third-order valence-corrected chi connectivity index (χ3v) is 6.01. The van der Waals surface area contributed by atoms with Gasteiger partial charge in [-0.15, -0.1) is 0 Å². The molecule has 1 aliphatic heterocycles. The van der Waals surface area contributed by atoms with Crippen LogP contribution >= 0.6 is 11.8 Å². The molecule has 0 aromatic heterocycles. The molecular formula is C24H20F3NOS. The van der Waals surface area contributed by atoms with Gasteiger partial charge in [-0.1, -0.05) is 54.1 Å². The molecule has 0 N–H and O–H groups in total. The number of hydrogen-bond donors (Lipinski definition) is 0. The molecule has 1 amide bonds. The number of fused-ring (bicyclic) bond motifs is 1. The van der Waals surface area contributed by atoms with Gasteiger partial charge in [0.15, 0.2) is 0 Å². The minimum atomic E-state index is -4.35. The number of thioether (sulfide) groups is 1. The van der Waals surface area contributed by atoms with Crippen molar-refractivity contribution in [2.24, 2.45) is 0 Å². The molecule has 30 heavy (non-hydrogen) atoms. The van der Waals surface area contributed by atoms with Gasteiger partial charge < -0.3 is 4.90 Å². The van der Waals surface area contributed by atoms with E-state index >= 15 is 0 Å². The van der Waals surface area contributed by atoms with Crippen LogP contribution in [0.25, 0.3) is 0 Å². The van der Waals surface area contributed by atoms with Gasteiger partial charge in [-0.25, -0.2) is 0 Å². The van der Waals surface area contributed by atoms with E-state index in [-0.39, 0.29) is 28.6 Å². The Labute approximate surface area is 177 Å². The molecule has 3 aromatic carbocycles. The minimum absolute atomic E-state index is 0.0677. The monoisotopic (exact) mass is 427 g/mol. The van der Waals surface area contributed by atoms with Crippen molar-refractivity contribution in [1.82, 2.24) is 4.90 Å². The summed E-state index contributed by atoms with van der Waals surface area (Å²) >= 11 is -0.179. The summed E-state index contributed by atoms with van der Waals surface area (Å²) < 4.78 is 37.8. The van der Waals surface area contributed by atoms with Crippen LogP contribution in [0, 0.1) is 6.92 Å². The lowest BCUT2D eigenvalue weighted by atomic mass is 9.87. The first-order valence-corrected chi connectivity index (χ1v) is 10.4. The van der Waals surface area contributed by atoms with Gasteiger partial charge in [-0.3, -0.25) is 4.79 Å². The van der Waals surface area contributed by atoms with E-state index < -0.39 is 5.51 Å². The first-order valence-electron chi connectivity index (χ1n) is 9.63. The zero-order chi connectivity index (χ0) is 21.3. The number of nitrogens with zero attached hydrogens (tertiary/aromatic N) is 1. The highest BCUT2D eigenvalue weighted by Crippen LogP contribution is 2.38. The highest BCUT2D eigenvalue weighted by atomic mass is 32.2. The SMILES string of the molecule is Cc1ccc([C@@H]2c3ccccc3CCN2C(=O)c2ccc(SC(F)(F)F)cc2)cc1. The van der Waals surface area contributed by atoms with Crippen LogP contribution in [0.1, 0.15) is 38.7 Å². The maximum Gasteiger partial charge on any atom is 0.446 e. The van der Waals surface area contributed by atoms with Crippen LogP contribution in [0.3, 0.4) is 0 Å². The van der Waals surface area contributed by atoms with Gasteiger partial charge >= 0.3 is 5.51 Å². The van der Waals surface area contributed by atoms with Gasteiger partial charge in [-0.2, -0.15) is 13.2 Å². The molecule has 3 aromatic rings. The van der Waals surface area contributed by atoms with E-state index in [0.29, 0.717) is 12.1 Å².